The summed E-state index contributed by atoms with van der Waals surface area (Å²) in [5, 5.41) is 2.94. The molecule has 0 aromatic heterocycles. The van der Waals surface area contributed by atoms with Gasteiger partial charge >= 0.3 is 0 Å². The zero-order valence-electron chi connectivity index (χ0n) is 16.8. The van der Waals surface area contributed by atoms with E-state index in [9.17, 15) is 14.4 Å². The average Bonchev–Trinajstić information content (AvgIpc) is 2.70. The summed E-state index contributed by atoms with van der Waals surface area (Å²) in [6.07, 6.45) is 1.57. The van der Waals surface area contributed by atoms with E-state index in [-0.39, 0.29) is 18.4 Å². The number of imide groups is 1. The Hall–Kier alpha value is -2.95. The molecule has 0 bridgehead atoms. The highest BCUT2D eigenvalue weighted by atomic mass is 16.2. The molecule has 2 aromatic carbocycles. The lowest BCUT2D eigenvalue weighted by atomic mass is 9.77. The second-order valence-corrected chi connectivity index (χ2v) is 7.57. The molecule has 3 amide bonds. The second-order valence-electron chi connectivity index (χ2n) is 7.57. The number of carbonyl (C=O) groups excluding carboxylic acids is 3. The maximum absolute atomic E-state index is 13.0. The van der Waals surface area contributed by atoms with E-state index in [1.165, 1.54) is 0 Å². The molecule has 1 N–H and O–H groups in total. The van der Waals surface area contributed by atoms with Gasteiger partial charge in [-0.15, -0.1) is 0 Å². The van der Waals surface area contributed by atoms with Crippen LogP contribution in [0.3, 0.4) is 0 Å². The van der Waals surface area contributed by atoms with Gasteiger partial charge < -0.3 is 5.32 Å². The Labute approximate surface area is 165 Å². The standard InChI is InChI=1S/C23H26N2O3/c1-5-15-10-9-11-16(6-2)20(15)24-19(26)14-25-21(27)17-12-7-8-13-18(17)23(3,4)22(25)28/h7-13H,5-6,14H2,1-4H3,(H,24,26). The largest absolute Gasteiger partial charge is 0.324 e. The number of aryl methyl sites for hydroxylation is 2. The van der Waals surface area contributed by atoms with Gasteiger partial charge in [0.15, 0.2) is 0 Å². The summed E-state index contributed by atoms with van der Waals surface area (Å²) in [5.41, 5.74) is 3.17. The number of hydrogen-bond acceptors (Lipinski definition) is 3. The molecule has 0 fully saturated rings. The summed E-state index contributed by atoms with van der Waals surface area (Å²) in [6, 6.07) is 13.0. The van der Waals surface area contributed by atoms with Crippen LogP contribution in [0, 0.1) is 0 Å². The summed E-state index contributed by atoms with van der Waals surface area (Å²) >= 11 is 0. The first kappa shape index (κ1) is 19.8. The van der Waals surface area contributed by atoms with Crippen LogP contribution in [-0.2, 0) is 27.8 Å². The molecule has 1 aliphatic rings. The van der Waals surface area contributed by atoms with Crippen molar-refractivity contribution in [2.24, 2.45) is 0 Å². The average molecular weight is 378 g/mol. The molecular weight excluding hydrogens is 352 g/mol. The fraction of sp³-hybridized carbons (Fsp3) is 0.348. The van der Waals surface area contributed by atoms with Crippen molar-refractivity contribution >= 4 is 23.4 Å². The molecule has 0 saturated heterocycles. The van der Waals surface area contributed by atoms with Crippen molar-refractivity contribution in [2.45, 2.75) is 46.0 Å². The van der Waals surface area contributed by atoms with Crippen LogP contribution < -0.4 is 5.32 Å². The molecule has 1 aliphatic heterocycles. The molecule has 2 aromatic rings. The SMILES string of the molecule is CCc1cccc(CC)c1NC(=O)CN1C(=O)c2ccccc2C(C)(C)C1=O. The van der Waals surface area contributed by atoms with Gasteiger partial charge in [-0.3, -0.25) is 19.3 Å². The molecule has 146 valence electrons. The zero-order chi connectivity index (χ0) is 20.5. The van der Waals surface area contributed by atoms with Crippen LogP contribution in [0.4, 0.5) is 5.69 Å². The third kappa shape index (κ3) is 3.33. The Kier molecular flexibility index (Phi) is 5.36. The van der Waals surface area contributed by atoms with E-state index < -0.39 is 11.3 Å². The Balaban J connectivity index is 1.88. The molecule has 28 heavy (non-hydrogen) atoms. The van der Waals surface area contributed by atoms with Crippen LogP contribution in [-0.4, -0.2) is 29.2 Å². The van der Waals surface area contributed by atoms with Crippen LogP contribution in [0.1, 0.15) is 54.7 Å². The molecule has 0 atom stereocenters. The molecule has 1 heterocycles. The van der Waals surface area contributed by atoms with Gasteiger partial charge in [-0.25, -0.2) is 0 Å². The highest BCUT2D eigenvalue weighted by molar-refractivity contribution is 6.15. The summed E-state index contributed by atoms with van der Waals surface area (Å²) in [7, 11) is 0. The number of para-hydroxylation sites is 1. The van der Waals surface area contributed by atoms with Gasteiger partial charge in [0, 0.05) is 11.3 Å². The van der Waals surface area contributed by atoms with Gasteiger partial charge in [0.2, 0.25) is 11.8 Å². The summed E-state index contributed by atoms with van der Waals surface area (Å²) in [6.45, 7) is 7.33. The fourth-order valence-corrected chi connectivity index (χ4v) is 3.77. The zero-order valence-corrected chi connectivity index (χ0v) is 16.8. The second kappa shape index (κ2) is 7.58. The lowest BCUT2D eigenvalue weighted by Gasteiger charge is -2.37. The molecular formula is C23H26N2O3. The third-order valence-electron chi connectivity index (χ3n) is 5.42. The summed E-state index contributed by atoms with van der Waals surface area (Å²) in [5.74, 6) is -1.15. The first-order valence-corrected chi connectivity index (χ1v) is 9.67. The minimum atomic E-state index is -0.860. The van der Waals surface area contributed by atoms with Crippen molar-refractivity contribution < 1.29 is 14.4 Å². The van der Waals surface area contributed by atoms with Crippen molar-refractivity contribution in [2.75, 3.05) is 11.9 Å². The monoisotopic (exact) mass is 378 g/mol. The Morgan fingerprint density at radius 3 is 2.18 bits per heavy atom. The summed E-state index contributed by atoms with van der Waals surface area (Å²) in [4.78, 5) is 39.7. The molecule has 5 nitrogen and oxygen atoms in total. The number of benzene rings is 2. The topological polar surface area (TPSA) is 66.5 Å². The van der Waals surface area contributed by atoms with E-state index >= 15 is 0 Å². The number of amides is 3. The maximum Gasteiger partial charge on any atom is 0.261 e. The van der Waals surface area contributed by atoms with Gasteiger partial charge in [0.25, 0.3) is 5.91 Å². The number of nitrogens with one attached hydrogen (secondary N) is 1. The van der Waals surface area contributed by atoms with Crippen molar-refractivity contribution in [1.29, 1.82) is 0 Å². The minimum Gasteiger partial charge on any atom is -0.324 e. The predicted octanol–water partition coefficient (Wildman–Crippen LogP) is 3.71. The molecule has 5 heteroatoms. The van der Waals surface area contributed by atoms with Gasteiger partial charge in [-0.05, 0) is 49.4 Å². The van der Waals surface area contributed by atoms with Crippen LogP contribution in [0.5, 0.6) is 0 Å². The number of carbonyl (C=O) groups is 3. The quantitative estimate of drug-likeness (QED) is 0.807. The first-order valence-electron chi connectivity index (χ1n) is 9.67. The first-order chi connectivity index (χ1) is 13.3. The number of nitrogens with zero attached hydrogens (tertiary/aromatic N) is 1. The van der Waals surface area contributed by atoms with E-state index in [2.05, 4.69) is 5.32 Å². The smallest absolute Gasteiger partial charge is 0.261 e. The lowest BCUT2D eigenvalue weighted by Crippen LogP contribution is -2.53. The predicted molar refractivity (Wildman–Crippen MR) is 109 cm³/mol. The van der Waals surface area contributed by atoms with Crippen molar-refractivity contribution in [3.05, 3.63) is 64.7 Å². The molecule has 0 saturated carbocycles. The van der Waals surface area contributed by atoms with Gasteiger partial charge in [-0.1, -0.05) is 50.2 Å². The maximum atomic E-state index is 13.0. The van der Waals surface area contributed by atoms with E-state index in [0.29, 0.717) is 11.1 Å². The number of rotatable bonds is 5. The fourth-order valence-electron chi connectivity index (χ4n) is 3.77. The molecule has 0 radical (unpaired) electrons. The number of fused-ring (bicyclic) bond motifs is 1. The highest BCUT2D eigenvalue weighted by Gasteiger charge is 2.44. The Morgan fingerprint density at radius 2 is 1.57 bits per heavy atom. The lowest BCUT2D eigenvalue weighted by molar-refractivity contribution is -0.136. The molecule has 3 rings (SSSR count). The third-order valence-corrected chi connectivity index (χ3v) is 5.42. The van der Waals surface area contributed by atoms with Crippen molar-refractivity contribution in [3.63, 3.8) is 0 Å². The summed E-state index contributed by atoms with van der Waals surface area (Å²) < 4.78 is 0. The van der Waals surface area contributed by atoms with E-state index in [0.717, 1.165) is 34.6 Å². The van der Waals surface area contributed by atoms with Crippen molar-refractivity contribution in [3.8, 4) is 0 Å². The molecule has 0 aliphatic carbocycles. The van der Waals surface area contributed by atoms with Crippen LogP contribution >= 0.6 is 0 Å². The van der Waals surface area contributed by atoms with Gasteiger partial charge in [-0.2, -0.15) is 0 Å². The Bertz CT molecular complexity index is 924. The van der Waals surface area contributed by atoms with E-state index in [1.54, 1.807) is 32.0 Å². The Morgan fingerprint density at radius 1 is 0.964 bits per heavy atom. The van der Waals surface area contributed by atoms with E-state index in [1.807, 2.05) is 38.1 Å². The van der Waals surface area contributed by atoms with Crippen LogP contribution in [0.25, 0.3) is 0 Å². The van der Waals surface area contributed by atoms with Gasteiger partial charge in [0.1, 0.15) is 6.54 Å². The van der Waals surface area contributed by atoms with Crippen LogP contribution in [0.15, 0.2) is 42.5 Å². The normalized spacial score (nSPS) is 15.4. The van der Waals surface area contributed by atoms with Gasteiger partial charge in [0.05, 0.1) is 5.41 Å². The van der Waals surface area contributed by atoms with Crippen molar-refractivity contribution in [1.82, 2.24) is 4.90 Å². The minimum absolute atomic E-state index is 0.295. The number of anilines is 1. The molecule has 0 unspecified atom stereocenters. The van der Waals surface area contributed by atoms with Crippen LogP contribution in [0.2, 0.25) is 0 Å². The number of hydrogen-bond donors (Lipinski definition) is 1. The molecule has 0 spiro atoms. The van der Waals surface area contributed by atoms with E-state index in [4.69, 9.17) is 0 Å². The highest BCUT2D eigenvalue weighted by Crippen LogP contribution is 2.34.